The number of aryl methyl sites for hydroxylation is 1. The van der Waals surface area contributed by atoms with E-state index in [1.165, 1.54) is 6.39 Å². The van der Waals surface area contributed by atoms with Crippen LogP contribution in [0.2, 0.25) is 0 Å². The summed E-state index contributed by atoms with van der Waals surface area (Å²) in [4.78, 5) is 22.8. The minimum absolute atomic E-state index is 0.0406. The number of oxazole rings is 1. The largest absolute Gasteiger partial charge is 0.477 e. The van der Waals surface area contributed by atoms with Crippen molar-refractivity contribution in [3.63, 3.8) is 0 Å². The molecule has 0 unspecified atom stereocenters. The number of benzene rings is 1. The number of carbonyl (C=O) groups is 1. The Balaban J connectivity index is 1.54. The zero-order valence-corrected chi connectivity index (χ0v) is 20.2. The predicted octanol–water partition coefficient (Wildman–Crippen LogP) is 4.76. The molecule has 0 amide bonds. The number of carboxylic acids is 1. The van der Waals surface area contributed by atoms with Gasteiger partial charge in [0.2, 0.25) is 5.88 Å². The van der Waals surface area contributed by atoms with E-state index >= 15 is 0 Å². The highest BCUT2D eigenvalue weighted by Crippen LogP contribution is 2.36. The molecule has 182 valence electrons. The van der Waals surface area contributed by atoms with Gasteiger partial charge in [-0.25, -0.2) is 14.8 Å². The number of carboxylic acid groups (broad SMARTS) is 1. The summed E-state index contributed by atoms with van der Waals surface area (Å²) in [5, 5.41) is 21.1. The number of anilines is 1. The molecule has 0 atom stereocenters. The van der Waals surface area contributed by atoms with Gasteiger partial charge in [0.15, 0.2) is 12.2 Å². The number of thiophene rings is 1. The molecule has 1 aliphatic rings. The maximum absolute atomic E-state index is 11.5. The standard InChI is InChI=1S/C26H22N4O5S/c1-16-23(35-15-28-16)20-12-22(17-2-4-19(5-3-17)30-7-9-33-10-8-30)29-25(21(20)13-27)34-14-18-6-11-36-24(18)26(31)32/h2-6,11-12,15H,7-10,14H2,1H3,(H,31,32). The number of nitriles is 1. The van der Waals surface area contributed by atoms with Gasteiger partial charge in [0.05, 0.1) is 24.6 Å². The SMILES string of the molecule is Cc1ncoc1-c1cc(-c2ccc(N3CCOCC3)cc2)nc(OCc2ccsc2C(=O)O)c1C#N. The molecule has 4 aromatic rings. The highest BCUT2D eigenvalue weighted by Gasteiger charge is 2.22. The van der Waals surface area contributed by atoms with Gasteiger partial charge in [0, 0.05) is 35.5 Å². The summed E-state index contributed by atoms with van der Waals surface area (Å²) in [6, 6.07) is 13.7. The molecule has 1 aliphatic heterocycles. The van der Waals surface area contributed by atoms with Crippen LogP contribution in [0.15, 0.2) is 52.6 Å². The molecular formula is C26H22N4O5S. The second-order valence-electron chi connectivity index (χ2n) is 8.13. The van der Waals surface area contributed by atoms with E-state index in [9.17, 15) is 15.2 Å². The summed E-state index contributed by atoms with van der Waals surface area (Å²) in [5.41, 5.74) is 4.36. The molecule has 1 N–H and O–H groups in total. The van der Waals surface area contributed by atoms with Crippen LogP contribution in [0.25, 0.3) is 22.6 Å². The first kappa shape index (κ1) is 23.5. The molecule has 0 radical (unpaired) electrons. The van der Waals surface area contributed by atoms with Crippen molar-refractivity contribution in [2.24, 2.45) is 0 Å². The highest BCUT2D eigenvalue weighted by atomic mass is 32.1. The minimum atomic E-state index is -1.02. The van der Waals surface area contributed by atoms with Crippen molar-refractivity contribution in [3.05, 3.63) is 69.9 Å². The van der Waals surface area contributed by atoms with Crippen molar-refractivity contribution in [1.82, 2.24) is 9.97 Å². The lowest BCUT2D eigenvalue weighted by Gasteiger charge is -2.28. The van der Waals surface area contributed by atoms with Crippen molar-refractivity contribution >= 4 is 23.0 Å². The molecule has 0 bridgehead atoms. The van der Waals surface area contributed by atoms with Gasteiger partial charge in [0.1, 0.15) is 23.1 Å². The number of hydrogen-bond donors (Lipinski definition) is 1. The quantitative estimate of drug-likeness (QED) is 0.381. The van der Waals surface area contributed by atoms with E-state index in [1.807, 2.05) is 24.3 Å². The molecule has 0 saturated carbocycles. The molecule has 1 fully saturated rings. The maximum Gasteiger partial charge on any atom is 0.346 e. The molecular weight excluding hydrogens is 480 g/mol. The number of hydrogen-bond acceptors (Lipinski definition) is 9. The van der Waals surface area contributed by atoms with Gasteiger partial charge in [-0.05, 0) is 36.6 Å². The highest BCUT2D eigenvalue weighted by molar-refractivity contribution is 7.12. The van der Waals surface area contributed by atoms with Gasteiger partial charge >= 0.3 is 5.97 Å². The first-order valence-electron chi connectivity index (χ1n) is 11.3. The zero-order valence-electron chi connectivity index (χ0n) is 19.4. The van der Waals surface area contributed by atoms with Crippen molar-refractivity contribution in [1.29, 1.82) is 5.26 Å². The third kappa shape index (κ3) is 4.66. The van der Waals surface area contributed by atoms with Crippen LogP contribution in [0.4, 0.5) is 5.69 Å². The Morgan fingerprint density at radius 1 is 1.25 bits per heavy atom. The molecule has 36 heavy (non-hydrogen) atoms. The summed E-state index contributed by atoms with van der Waals surface area (Å²) in [6.07, 6.45) is 1.33. The van der Waals surface area contributed by atoms with Gasteiger partial charge in [-0.15, -0.1) is 11.3 Å². The normalized spacial score (nSPS) is 13.4. The summed E-state index contributed by atoms with van der Waals surface area (Å²) in [6.45, 7) is 4.83. The van der Waals surface area contributed by atoms with Gasteiger partial charge in [0.25, 0.3) is 0 Å². The number of ether oxygens (including phenoxy) is 2. The lowest BCUT2D eigenvalue weighted by molar-refractivity contribution is 0.0699. The average Bonchev–Trinajstić information content (AvgIpc) is 3.56. The number of aromatic carboxylic acids is 1. The minimum Gasteiger partial charge on any atom is -0.477 e. The molecule has 9 nitrogen and oxygen atoms in total. The van der Waals surface area contributed by atoms with Crippen LogP contribution in [0.3, 0.4) is 0 Å². The molecule has 5 rings (SSSR count). The first-order valence-corrected chi connectivity index (χ1v) is 12.1. The molecule has 3 aromatic heterocycles. The van der Waals surface area contributed by atoms with Crippen LogP contribution in [0, 0.1) is 18.3 Å². The van der Waals surface area contributed by atoms with Crippen molar-refractivity contribution < 1.29 is 23.8 Å². The number of pyridine rings is 1. The third-order valence-corrected chi connectivity index (χ3v) is 6.88. The number of morpholine rings is 1. The average molecular weight is 503 g/mol. The fraction of sp³-hybridized carbons (Fsp3) is 0.231. The molecule has 10 heteroatoms. The number of nitrogens with zero attached hydrogens (tertiary/aromatic N) is 4. The number of rotatable bonds is 7. The van der Waals surface area contributed by atoms with Crippen LogP contribution < -0.4 is 9.64 Å². The summed E-state index contributed by atoms with van der Waals surface area (Å²) >= 11 is 1.12. The zero-order chi connectivity index (χ0) is 25.1. The van der Waals surface area contributed by atoms with Crippen LogP contribution in [0.1, 0.15) is 26.5 Å². The molecule has 0 spiro atoms. The monoisotopic (exact) mass is 502 g/mol. The Labute approximate surface area is 211 Å². The van der Waals surface area contributed by atoms with Crippen molar-refractivity contribution in [2.75, 3.05) is 31.2 Å². The Hall–Kier alpha value is -4.20. The molecule has 0 aliphatic carbocycles. The van der Waals surface area contributed by atoms with Crippen molar-refractivity contribution in [3.8, 4) is 34.5 Å². The Bertz CT molecular complexity index is 1430. The lowest BCUT2D eigenvalue weighted by Crippen LogP contribution is -2.36. The molecule has 1 aromatic carbocycles. The Morgan fingerprint density at radius 3 is 2.69 bits per heavy atom. The van der Waals surface area contributed by atoms with E-state index in [4.69, 9.17) is 13.9 Å². The van der Waals surface area contributed by atoms with Gasteiger partial charge < -0.3 is 23.9 Å². The summed E-state index contributed by atoms with van der Waals surface area (Å²) < 4.78 is 17.0. The van der Waals surface area contributed by atoms with E-state index in [2.05, 4.69) is 20.9 Å². The van der Waals surface area contributed by atoms with Crippen LogP contribution in [0.5, 0.6) is 5.88 Å². The summed E-state index contributed by atoms with van der Waals surface area (Å²) in [5.74, 6) is -0.475. The maximum atomic E-state index is 11.5. The topological polar surface area (TPSA) is 122 Å². The Kier molecular flexibility index (Phi) is 6.66. The van der Waals surface area contributed by atoms with Crippen molar-refractivity contribution in [2.45, 2.75) is 13.5 Å². The van der Waals surface area contributed by atoms with Crippen LogP contribution in [-0.4, -0.2) is 47.3 Å². The van der Waals surface area contributed by atoms with E-state index in [1.54, 1.807) is 24.4 Å². The fourth-order valence-corrected chi connectivity index (χ4v) is 4.82. The molecule has 1 saturated heterocycles. The fourth-order valence-electron chi connectivity index (χ4n) is 4.07. The van der Waals surface area contributed by atoms with Gasteiger partial charge in [-0.2, -0.15) is 5.26 Å². The second-order valence-corrected chi connectivity index (χ2v) is 9.05. The molecule has 4 heterocycles. The van der Waals surface area contributed by atoms with Gasteiger partial charge in [-0.3, -0.25) is 0 Å². The van der Waals surface area contributed by atoms with E-state index in [-0.39, 0.29) is 22.9 Å². The van der Waals surface area contributed by atoms with Crippen LogP contribution in [-0.2, 0) is 11.3 Å². The van der Waals surface area contributed by atoms with E-state index in [0.717, 1.165) is 35.7 Å². The smallest absolute Gasteiger partial charge is 0.346 e. The number of aromatic nitrogens is 2. The second kappa shape index (κ2) is 10.2. The Morgan fingerprint density at radius 2 is 2.03 bits per heavy atom. The summed E-state index contributed by atoms with van der Waals surface area (Å²) in [7, 11) is 0. The van der Waals surface area contributed by atoms with Crippen LogP contribution >= 0.6 is 11.3 Å². The van der Waals surface area contributed by atoms with Gasteiger partial charge in [-0.1, -0.05) is 12.1 Å². The third-order valence-electron chi connectivity index (χ3n) is 5.93. The van der Waals surface area contributed by atoms with E-state index in [0.29, 0.717) is 41.5 Å². The first-order chi connectivity index (χ1) is 17.5. The van der Waals surface area contributed by atoms with E-state index < -0.39 is 5.97 Å². The lowest BCUT2D eigenvalue weighted by atomic mass is 10.0. The predicted molar refractivity (Wildman–Crippen MR) is 133 cm³/mol.